The zero-order valence-corrected chi connectivity index (χ0v) is 28.2. The summed E-state index contributed by atoms with van der Waals surface area (Å²) in [7, 11) is 0. The Kier molecular flexibility index (Phi) is 12.9. The molecular weight excluding hydrogens is 766 g/mol. The Morgan fingerprint density at radius 3 is 1.14 bits per heavy atom. The van der Waals surface area contributed by atoms with Crippen LogP contribution in [0.1, 0.15) is 35.2 Å². The van der Waals surface area contributed by atoms with Crippen molar-refractivity contribution in [2.75, 3.05) is 0 Å². The maximum atomic E-state index is 13.2. The van der Waals surface area contributed by atoms with Crippen LogP contribution >= 0.6 is 0 Å². The third-order valence-corrected chi connectivity index (χ3v) is 10.5. The maximum absolute atomic E-state index is 13.2. The molecule has 306 valence electrons. The summed E-state index contributed by atoms with van der Waals surface area (Å²) in [5, 5.41) is 113. The van der Waals surface area contributed by atoms with Gasteiger partial charge >= 0.3 is 65.7 Å². The van der Waals surface area contributed by atoms with Crippen LogP contribution in [0.2, 0.25) is 0 Å². The number of rotatable bonds is 20. The van der Waals surface area contributed by atoms with Crippen molar-refractivity contribution in [3.8, 4) is 0 Å². The average Bonchev–Trinajstić information content (AvgIpc) is 3.00. The molecule has 1 aromatic carbocycles. The molecule has 2 rings (SSSR count). The van der Waals surface area contributed by atoms with Crippen molar-refractivity contribution < 1.29 is 109 Å². The molecule has 0 aromatic heterocycles. The smallest absolute Gasteiger partial charge is 0.335 e. The standard InChI is InChI=1S/C31H35N3O22/c32-11(7-9-1-3-10(4-2-9)17(35)36)8-28(12(18(37)38)19(39)40)5-6-29(33,13(20(41)42)21(43)44)31(34,16(26(53)54)27(55)56)30(28,14(22(45)46)23(47)48)15(24(49)50)25(51)52/h1-4,11-16H,5-8,32-34H2,(H,35,36)(H,37,38)(H,39,40)(H,41,42)(H,43,44)(H,45,46)(H,47,48)(H,49,50)(H,51,52)(H,53,54)(H,55,56)/t11-,28+,29+,31-/m1/s1. The highest BCUT2D eigenvalue weighted by Crippen LogP contribution is 2.72. The molecule has 0 bridgehead atoms. The van der Waals surface area contributed by atoms with Crippen LogP contribution in [-0.2, 0) is 54.4 Å². The molecule has 0 heterocycles. The molecule has 17 N–H and O–H groups in total. The minimum atomic E-state index is -4.86. The molecule has 0 saturated heterocycles. The largest absolute Gasteiger partial charge is 0.481 e. The fourth-order valence-electron chi connectivity index (χ4n) is 8.76. The first-order chi connectivity index (χ1) is 25.6. The van der Waals surface area contributed by atoms with Gasteiger partial charge in [0.15, 0.2) is 29.6 Å². The van der Waals surface area contributed by atoms with E-state index >= 15 is 0 Å². The molecular formula is C31H35N3O22. The first-order valence-electron chi connectivity index (χ1n) is 15.5. The topological polar surface area (TPSA) is 488 Å². The molecule has 0 unspecified atom stereocenters. The minimum Gasteiger partial charge on any atom is -0.481 e. The molecule has 25 heteroatoms. The monoisotopic (exact) mass is 801 g/mol. The third-order valence-electron chi connectivity index (χ3n) is 10.5. The lowest BCUT2D eigenvalue weighted by Gasteiger charge is -2.71. The molecule has 1 fully saturated rings. The van der Waals surface area contributed by atoms with Gasteiger partial charge < -0.3 is 73.4 Å². The summed E-state index contributed by atoms with van der Waals surface area (Å²) in [6, 6.07) is 2.17. The van der Waals surface area contributed by atoms with Crippen molar-refractivity contribution in [3.05, 3.63) is 35.4 Å². The van der Waals surface area contributed by atoms with E-state index in [2.05, 4.69) is 0 Å². The van der Waals surface area contributed by atoms with Crippen LogP contribution in [-0.4, -0.2) is 139 Å². The Morgan fingerprint density at radius 1 is 0.500 bits per heavy atom. The van der Waals surface area contributed by atoms with Gasteiger partial charge in [-0.2, -0.15) is 0 Å². The summed E-state index contributed by atoms with van der Waals surface area (Å²) < 4.78 is 0. The summed E-state index contributed by atoms with van der Waals surface area (Å²) in [4.78, 5) is 142. The van der Waals surface area contributed by atoms with E-state index in [0.717, 1.165) is 24.3 Å². The number of hydrogen-bond acceptors (Lipinski definition) is 14. The first kappa shape index (κ1) is 45.4. The summed E-state index contributed by atoms with van der Waals surface area (Å²) in [5.74, 6) is -49.1. The van der Waals surface area contributed by atoms with Crippen molar-refractivity contribution in [2.45, 2.75) is 42.8 Å². The molecule has 0 amide bonds. The summed E-state index contributed by atoms with van der Waals surface area (Å²) >= 11 is 0. The molecule has 56 heavy (non-hydrogen) atoms. The van der Waals surface area contributed by atoms with Crippen LogP contribution in [0.25, 0.3) is 0 Å². The normalized spacial score (nSPS) is 22.4. The maximum Gasteiger partial charge on any atom is 0.335 e. The quantitative estimate of drug-likeness (QED) is 0.0575. The van der Waals surface area contributed by atoms with Gasteiger partial charge in [-0.3, -0.25) is 47.9 Å². The van der Waals surface area contributed by atoms with Gasteiger partial charge in [0.25, 0.3) is 0 Å². The lowest BCUT2D eigenvalue weighted by molar-refractivity contribution is -0.252. The first-order valence-corrected chi connectivity index (χ1v) is 15.5. The van der Waals surface area contributed by atoms with Crippen molar-refractivity contribution in [1.29, 1.82) is 0 Å². The molecule has 25 nitrogen and oxygen atoms in total. The van der Waals surface area contributed by atoms with Gasteiger partial charge in [0, 0.05) is 16.9 Å². The van der Waals surface area contributed by atoms with Crippen LogP contribution in [0, 0.1) is 40.4 Å². The van der Waals surface area contributed by atoms with Gasteiger partial charge in [0.2, 0.25) is 0 Å². The Morgan fingerprint density at radius 2 is 0.839 bits per heavy atom. The van der Waals surface area contributed by atoms with Gasteiger partial charge in [-0.15, -0.1) is 0 Å². The molecule has 1 aliphatic carbocycles. The van der Waals surface area contributed by atoms with Crippen molar-refractivity contribution >= 4 is 65.7 Å². The van der Waals surface area contributed by atoms with E-state index in [4.69, 9.17) is 17.2 Å². The van der Waals surface area contributed by atoms with Gasteiger partial charge in [0.05, 0.1) is 16.6 Å². The average molecular weight is 802 g/mol. The highest BCUT2D eigenvalue weighted by atomic mass is 16.4. The van der Waals surface area contributed by atoms with E-state index in [-0.39, 0.29) is 11.1 Å². The highest BCUT2D eigenvalue weighted by Gasteiger charge is 2.87. The molecule has 1 aliphatic rings. The summed E-state index contributed by atoms with van der Waals surface area (Å²) in [6.45, 7) is 0. The number of hydrogen-bond donors (Lipinski definition) is 14. The predicted octanol–water partition coefficient (Wildman–Crippen LogP) is -3.27. The minimum absolute atomic E-state index is 0.0137. The van der Waals surface area contributed by atoms with E-state index in [0.29, 0.717) is 0 Å². The molecule has 1 saturated carbocycles. The second-order valence-corrected chi connectivity index (χ2v) is 13.2. The number of nitrogens with two attached hydrogens (primary N) is 3. The number of carboxylic acids is 11. The highest BCUT2D eigenvalue weighted by molar-refractivity contribution is 6.05. The fraction of sp³-hybridized carbons (Fsp3) is 0.452. The van der Waals surface area contributed by atoms with Crippen LogP contribution in [0.3, 0.4) is 0 Å². The Hall–Kier alpha value is -6.73. The Balaban J connectivity index is 3.69. The van der Waals surface area contributed by atoms with Crippen LogP contribution in [0.5, 0.6) is 0 Å². The lowest BCUT2D eigenvalue weighted by atomic mass is 9.30. The van der Waals surface area contributed by atoms with E-state index in [1.165, 1.54) is 0 Å². The molecule has 4 atom stereocenters. The summed E-state index contributed by atoms with van der Waals surface area (Å²) in [5.41, 5.74) is 1.26. The van der Waals surface area contributed by atoms with Crippen LogP contribution in [0.4, 0.5) is 0 Å². The second-order valence-electron chi connectivity index (χ2n) is 13.2. The number of aromatic carboxylic acids is 1. The van der Waals surface area contributed by atoms with Crippen molar-refractivity contribution in [2.24, 2.45) is 57.6 Å². The van der Waals surface area contributed by atoms with Gasteiger partial charge in [-0.05, 0) is 43.4 Å². The molecule has 0 radical (unpaired) electrons. The van der Waals surface area contributed by atoms with E-state index < -0.39 is 149 Å². The number of benzene rings is 1. The summed E-state index contributed by atoms with van der Waals surface area (Å²) in [6.07, 6.45) is -5.79. The van der Waals surface area contributed by atoms with E-state index in [9.17, 15) is 109 Å². The zero-order chi connectivity index (χ0) is 43.6. The van der Waals surface area contributed by atoms with Crippen molar-refractivity contribution in [1.82, 2.24) is 0 Å². The van der Waals surface area contributed by atoms with Crippen molar-refractivity contribution in [3.63, 3.8) is 0 Å². The fourth-order valence-corrected chi connectivity index (χ4v) is 8.76. The van der Waals surface area contributed by atoms with Gasteiger partial charge in [-0.1, -0.05) is 12.1 Å². The Labute approximate surface area is 310 Å². The molecule has 1 aromatic rings. The number of carbonyl (C=O) groups is 11. The second kappa shape index (κ2) is 15.9. The Bertz CT molecular complexity index is 1780. The predicted molar refractivity (Wildman–Crippen MR) is 171 cm³/mol. The van der Waals surface area contributed by atoms with Gasteiger partial charge in [-0.25, -0.2) is 4.79 Å². The van der Waals surface area contributed by atoms with E-state index in [1.807, 2.05) is 0 Å². The zero-order valence-electron chi connectivity index (χ0n) is 28.2. The van der Waals surface area contributed by atoms with Crippen LogP contribution < -0.4 is 17.2 Å². The lowest BCUT2D eigenvalue weighted by Crippen LogP contribution is -2.91. The SMILES string of the molecule is N[C@H](Cc1ccc(C(=O)O)cc1)C[C@]1(C(C(=O)O)C(=O)O)CC[C@](N)(C(C(=O)O)C(=O)O)[C@](N)(C(C(=O)O)C(=O)O)C1(C(C(=O)O)C(=O)O)C(C(=O)O)C(=O)O. The third kappa shape index (κ3) is 7.00. The number of carboxylic acid groups (broad SMARTS) is 11. The van der Waals surface area contributed by atoms with Crippen LogP contribution in [0.15, 0.2) is 24.3 Å². The van der Waals surface area contributed by atoms with E-state index in [1.54, 1.807) is 0 Å². The van der Waals surface area contributed by atoms with Gasteiger partial charge in [0.1, 0.15) is 0 Å². The molecule has 0 aliphatic heterocycles. The molecule has 0 spiro atoms. The number of aliphatic carboxylic acids is 10.